The molecule has 1 aromatic carbocycles. The highest BCUT2D eigenvalue weighted by Crippen LogP contribution is 2.32. The molecule has 1 aliphatic carbocycles. The van der Waals surface area contributed by atoms with Crippen molar-refractivity contribution in [3.8, 4) is 6.07 Å². The molecule has 2 rings (SSSR count). The molecular formula is C12H10BrFN2O. The van der Waals surface area contributed by atoms with Crippen LogP contribution in [0.25, 0.3) is 0 Å². The van der Waals surface area contributed by atoms with E-state index in [4.69, 9.17) is 5.26 Å². The number of nitrogens with one attached hydrogen (secondary N) is 1. The molecule has 1 fully saturated rings. The van der Waals surface area contributed by atoms with E-state index in [2.05, 4.69) is 21.2 Å². The standard InChI is InChI=1S/C12H10BrFN2O/c13-8-3-4-9(10(14)5-8)12(17)16-11(6-15)7-1-2-7/h3-5,7,11H,1-2H2,(H,16,17). The van der Waals surface area contributed by atoms with Crippen molar-refractivity contribution in [1.29, 1.82) is 5.26 Å². The van der Waals surface area contributed by atoms with Crippen LogP contribution in [-0.4, -0.2) is 11.9 Å². The number of carbonyl (C=O) groups is 1. The molecule has 1 N–H and O–H groups in total. The van der Waals surface area contributed by atoms with Gasteiger partial charge in [0.2, 0.25) is 0 Å². The SMILES string of the molecule is N#CC(NC(=O)c1ccc(Br)cc1F)C1CC1. The molecule has 17 heavy (non-hydrogen) atoms. The van der Waals surface area contributed by atoms with Crippen molar-refractivity contribution in [2.45, 2.75) is 18.9 Å². The van der Waals surface area contributed by atoms with Crippen LogP contribution in [0, 0.1) is 23.1 Å². The summed E-state index contributed by atoms with van der Waals surface area (Å²) in [6, 6.07) is 5.75. The molecule has 1 amide bonds. The zero-order valence-corrected chi connectivity index (χ0v) is 10.5. The quantitative estimate of drug-likeness (QED) is 0.932. The number of nitrogens with zero attached hydrogens (tertiary/aromatic N) is 1. The van der Waals surface area contributed by atoms with Gasteiger partial charge in [-0.2, -0.15) is 5.26 Å². The van der Waals surface area contributed by atoms with Crippen molar-refractivity contribution in [2.24, 2.45) is 5.92 Å². The first-order chi connectivity index (χ1) is 8.11. The predicted octanol–water partition coefficient (Wildman–Crippen LogP) is 2.62. The molecule has 0 aliphatic heterocycles. The second-order valence-electron chi connectivity index (χ2n) is 4.04. The van der Waals surface area contributed by atoms with Crippen molar-refractivity contribution >= 4 is 21.8 Å². The number of hydrogen-bond donors (Lipinski definition) is 1. The fraction of sp³-hybridized carbons (Fsp3) is 0.333. The zero-order chi connectivity index (χ0) is 12.4. The van der Waals surface area contributed by atoms with E-state index in [1.807, 2.05) is 6.07 Å². The van der Waals surface area contributed by atoms with Crippen LogP contribution in [0.5, 0.6) is 0 Å². The van der Waals surface area contributed by atoms with Gasteiger partial charge in [0.05, 0.1) is 11.6 Å². The Morgan fingerprint density at radius 2 is 2.29 bits per heavy atom. The van der Waals surface area contributed by atoms with Crippen LogP contribution < -0.4 is 5.32 Å². The molecule has 5 heteroatoms. The first-order valence-corrected chi connectivity index (χ1v) is 6.06. The average molecular weight is 297 g/mol. The van der Waals surface area contributed by atoms with Gasteiger partial charge in [0.15, 0.2) is 0 Å². The third-order valence-electron chi connectivity index (χ3n) is 2.69. The van der Waals surface area contributed by atoms with Gasteiger partial charge < -0.3 is 5.32 Å². The van der Waals surface area contributed by atoms with E-state index in [1.165, 1.54) is 12.1 Å². The Morgan fingerprint density at radius 3 is 2.82 bits per heavy atom. The Kier molecular flexibility index (Phi) is 3.43. The first kappa shape index (κ1) is 12.1. The topological polar surface area (TPSA) is 52.9 Å². The van der Waals surface area contributed by atoms with Crippen molar-refractivity contribution in [1.82, 2.24) is 5.32 Å². The van der Waals surface area contributed by atoms with E-state index < -0.39 is 17.8 Å². The van der Waals surface area contributed by atoms with Crippen LogP contribution in [0.15, 0.2) is 22.7 Å². The summed E-state index contributed by atoms with van der Waals surface area (Å²) in [5.74, 6) is -0.903. The third-order valence-corrected chi connectivity index (χ3v) is 3.19. The number of amides is 1. The minimum Gasteiger partial charge on any atom is -0.336 e. The van der Waals surface area contributed by atoms with E-state index in [1.54, 1.807) is 6.07 Å². The number of benzene rings is 1. The molecule has 88 valence electrons. The van der Waals surface area contributed by atoms with Crippen molar-refractivity contribution in [3.63, 3.8) is 0 Å². The molecule has 1 atom stereocenters. The van der Waals surface area contributed by atoms with E-state index >= 15 is 0 Å². The summed E-state index contributed by atoms with van der Waals surface area (Å²) in [6.45, 7) is 0. The van der Waals surface area contributed by atoms with Gasteiger partial charge in [-0.05, 0) is 37.0 Å². The average Bonchev–Trinajstić information content (AvgIpc) is 3.09. The van der Waals surface area contributed by atoms with Crippen LogP contribution in [0.2, 0.25) is 0 Å². The molecule has 1 aliphatic rings. The number of hydrogen-bond acceptors (Lipinski definition) is 2. The molecule has 0 spiro atoms. The van der Waals surface area contributed by atoms with E-state index in [0.717, 1.165) is 12.8 Å². The number of nitriles is 1. The highest BCUT2D eigenvalue weighted by atomic mass is 79.9. The molecule has 1 unspecified atom stereocenters. The lowest BCUT2D eigenvalue weighted by molar-refractivity contribution is 0.0938. The molecule has 1 aromatic rings. The fourth-order valence-corrected chi connectivity index (χ4v) is 1.91. The molecule has 0 saturated heterocycles. The zero-order valence-electron chi connectivity index (χ0n) is 8.91. The van der Waals surface area contributed by atoms with Crippen LogP contribution in [0.1, 0.15) is 23.2 Å². The van der Waals surface area contributed by atoms with Gasteiger partial charge in [-0.25, -0.2) is 4.39 Å². The molecule has 0 aromatic heterocycles. The summed E-state index contributed by atoms with van der Waals surface area (Å²) < 4.78 is 14.1. The molecular weight excluding hydrogens is 287 g/mol. The fourth-order valence-electron chi connectivity index (χ4n) is 1.58. The lowest BCUT2D eigenvalue weighted by Gasteiger charge is -2.10. The predicted molar refractivity (Wildman–Crippen MR) is 63.7 cm³/mol. The highest BCUT2D eigenvalue weighted by molar-refractivity contribution is 9.10. The maximum absolute atomic E-state index is 13.5. The smallest absolute Gasteiger partial charge is 0.255 e. The summed E-state index contributed by atoms with van der Waals surface area (Å²) in [4.78, 5) is 11.8. The second-order valence-corrected chi connectivity index (χ2v) is 4.96. The van der Waals surface area contributed by atoms with Gasteiger partial charge in [-0.3, -0.25) is 4.79 Å². The van der Waals surface area contributed by atoms with Crippen LogP contribution in [0.4, 0.5) is 4.39 Å². The molecule has 3 nitrogen and oxygen atoms in total. The number of rotatable bonds is 3. The Labute approximate surface area is 107 Å². The molecule has 0 radical (unpaired) electrons. The van der Waals surface area contributed by atoms with E-state index in [-0.39, 0.29) is 11.5 Å². The summed E-state index contributed by atoms with van der Waals surface area (Å²) >= 11 is 3.12. The van der Waals surface area contributed by atoms with Gasteiger partial charge in [-0.1, -0.05) is 15.9 Å². The minimum atomic E-state index is -0.593. The van der Waals surface area contributed by atoms with Crippen molar-refractivity contribution in [3.05, 3.63) is 34.1 Å². The van der Waals surface area contributed by atoms with Gasteiger partial charge in [0.1, 0.15) is 11.9 Å². The summed E-state index contributed by atoms with van der Waals surface area (Å²) in [5.41, 5.74) is -0.0332. The summed E-state index contributed by atoms with van der Waals surface area (Å²) in [5, 5.41) is 11.4. The number of halogens is 2. The van der Waals surface area contributed by atoms with E-state index in [9.17, 15) is 9.18 Å². The Balaban J connectivity index is 2.11. The number of carbonyl (C=O) groups excluding carboxylic acids is 1. The highest BCUT2D eigenvalue weighted by Gasteiger charge is 2.32. The van der Waals surface area contributed by atoms with Crippen molar-refractivity contribution < 1.29 is 9.18 Å². The Bertz CT molecular complexity index is 494. The van der Waals surface area contributed by atoms with Gasteiger partial charge in [-0.15, -0.1) is 0 Å². The van der Waals surface area contributed by atoms with E-state index in [0.29, 0.717) is 4.47 Å². The normalized spacial score (nSPS) is 16.1. The molecule has 0 heterocycles. The monoisotopic (exact) mass is 296 g/mol. The molecule has 1 saturated carbocycles. The van der Waals surface area contributed by atoms with Crippen LogP contribution >= 0.6 is 15.9 Å². The third kappa shape index (κ3) is 2.83. The minimum absolute atomic E-state index is 0.0332. The van der Waals surface area contributed by atoms with Gasteiger partial charge >= 0.3 is 0 Å². The maximum Gasteiger partial charge on any atom is 0.255 e. The molecule has 0 bridgehead atoms. The first-order valence-electron chi connectivity index (χ1n) is 5.27. The van der Waals surface area contributed by atoms with Gasteiger partial charge in [0, 0.05) is 4.47 Å². The lowest BCUT2D eigenvalue weighted by atomic mass is 10.1. The maximum atomic E-state index is 13.5. The van der Waals surface area contributed by atoms with Crippen molar-refractivity contribution in [2.75, 3.05) is 0 Å². The lowest BCUT2D eigenvalue weighted by Crippen LogP contribution is -2.35. The largest absolute Gasteiger partial charge is 0.336 e. The summed E-state index contributed by atoms with van der Waals surface area (Å²) in [6.07, 6.45) is 1.89. The van der Waals surface area contributed by atoms with Gasteiger partial charge in [0.25, 0.3) is 5.91 Å². The Morgan fingerprint density at radius 1 is 1.59 bits per heavy atom. The second kappa shape index (κ2) is 4.84. The summed E-state index contributed by atoms with van der Waals surface area (Å²) in [7, 11) is 0. The van der Waals surface area contributed by atoms with Crippen LogP contribution in [-0.2, 0) is 0 Å². The van der Waals surface area contributed by atoms with Crippen LogP contribution in [0.3, 0.4) is 0 Å². The Hall–Kier alpha value is -1.41.